The van der Waals surface area contributed by atoms with E-state index in [2.05, 4.69) is 19.2 Å². The van der Waals surface area contributed by atoms with Crippen molar-refractivity contribution in [1.82, 2.24) is 5.32 Å². The average Bonchev–Trinajstić information content (AvgIpc) is 2.48. The number of hydrogen-bond acceptors (Lipinski definition) is 4. The summed E-state index contributed by atoms with van der Waals surface area (Å²) in [4.78, 5) is 0. The van der Waals surface area contributed by atoms with E-state index in [-0.39, 0.29) is 17.5 Å². The number of nitrogens with one attached hydrogen (secondary N) is 1. The van der Waals surface area contributed by atoms with Crippen LogP contribution in [0.4, 0.5) is 0 Å². The minimum atomic E-state index is -0.486. The molecule has 112 valence electrons. The normalized spacial score (nSPS) is 12.5. The van der Waals surface area contributed by atoms with Crippen LogP contribution in [0.1, 0.15) is 31.0 Å². The summed E-state index contributed by atoms with van der Waals surface area (Å²) < 4.78 is 0. The van der Waals surface area contributed by atoms with Gasteiger partial charge in [-0.3, -0.25) is 0 Å². The van der Waals surface area contributed by atoms with Crippen molar-refractivity contribution in [2.45, 2.75) is 19.9 Å². The standard InChI is InChI=1S/C17H21NO3/c1-11(2)10-18-15(12-6-4-3-5-7-12)13-8-9-14(19)17(21)16(13)20/h3-9,11,15,18-21H,10H2,1-2H3. The molecule has 0 bridgehead atoms. The summed E-state index contributed by atoms with van der Waals surface area (Å²) in [5, 5.41) is 32.7. The van der Waals surface area contributed by atoms with Crippen molar-refractivity contribution in [3.05, 3.63) is 53.6 Å². The Morgan fingerprint density at radius 2 is 1.57 bits per heavy atom. The molecule has 0 spiro atoms. The zero-order chi connectivity index (χ0) is 15.4. The summed E-state index contributed by atoms with van der Waals surface area (Å²) in [5.74, 6) is -0.657. The molecule has 4 N–H and O–H groups in total. The summed E-state index contributed by atoms with van der Waals surface area (Å²) in [7, 11) is 0. The van der Waals surface area contributed by atoms with Crippen molar-refractivity contribution in [2.24, 2.45) is 5.92 Å². The lowest BCUT2D eigenvalue weighted by molar-refractivity contribution is 0.361. The number of phenols is 3. The number of rotatable bonds is 5. The molecule has 1 unspecified atom stereocenters. The fourth-order valence-corrected chi connectivity index (χ4v) is 2.22. The summed E-state index contributed by atoms with van der Waals surface area (Å²) in [6, 6.07) is 12.5. The lowest BCUT2D eigenvalue weighted by Gasteiger charge is -2.22. The van der Waals surface area contributed by atoms with E-state index in [1.165, 1.54) is 6.07 Å². The molecular weight excluding hydrogens is 266 g/mol. The molecule has 0 heterocycles. The number of hydrogen-bond donors (Lipinski definition) is 4. The van der Waals surface area contributed by atoms with Crippen molar-refractivity contribution in [3.8, 4) is 17.2 Å². The molecule has 4 heteroatoms. The minimum absolute atomic E-state index is 0.250. The van der Waals surface area contributed by atoms with E-state index >= 15 is 0 Å². The molecule has 0 saturated carbocycles. The third-order valence-corrected chi connectivity index (χ3v) is 3.34. The van der Waals surface area contributed by atoms with Gasteiger partial charge in [-0.05, 0) is 30.2 Å². The molecule has 0 saturated heterocycles. The highest BCUT2D eigenvalue weighted by atomic mass is 16.3. The first-order chi connectivity index (χ1) is 10.0. The quantitative estimate of drug-likeness (QED) is 0.638. The molecule has 2 rings (SSSR count). The van der Waals surface area contributed by atoms with Crippen LogP contribution in [-0.2, 0) is 0 Å². The van der Waals surface area contributed by atoms with Gasteiger partial charge in [-0.25, -0.2) is 0 Å². The van der Waals surface area contributed by atoms with Gasteiger partial charge in [-0.1, -0.05) is 44.2 Å². The SMILES string of the molecule is CC(C)CNC(c1ccccc1)c1ccc(O)c(O)c1O. The topological polar surface area (TPSA) is 72.7 Å². The second-order valence-corrected chi connectivity index (χ2v) is 5.52. The molecule has 1 atom stereocenters. The number of aromatic hydroxyl groups is 3. The number of phenolic OH excluding ortho intramolecular Hbond substituents is 3. The summed E-state index contributed by atoms with van der Waals surface area (Å²) >= 11 is 0. The second kappa shape index (κ2) is 6.50. The average molecular weight is 287 g/mol. The van der Waals surface area contributed by atoms with Crippen LogP contribution in [0.2, 0.25) is 0 Å². The summed E-state index contributed by atoms with van der Waals surface area (Å²) in [6.45, 7) is 4.97. The van der Waals surface area contributed by atoms with E-state index < -0.39 is 5.75 Å². The molecule has 0 radical (unpaired) electrons. The highest BCUT2D eigenvalue weighted by Gasteiger charge is 2.21. The van der Waals surface area contributed by atoms with Crippen molar-refractivity contribution >= 4 is 0 Å². The Labute approximate surface area is 124 Å². The van der Waals surface area contributed by atoms with Gasteiger partial charge in [0.05, 0.1) is 6.04 Å². The van der Waals surface area contributed by atoms with Gasteiger partial charge >= 0.3 is 0 Å². The second-order valence-electron chi connectivity index (χ2n) is 5.52. The smallest absolute Gasteiger partial charge is 0.200 e. The molecule has 0 aliphatic rings. The molecule has 4 nitrogen and oxygen atoms in total. The van der Waals surface area contributed by atoms with E-state index in [1.807, 2.05) is 30.3 Å². The number of benzene rings is 2. The minimum Gasteiger partial charge on any atom is -0.504 e. The Morgan fingerprint density at radius 1 is 0.905 bits per heavy atom. The Balaban J connectivity index is 2.42. The molecule has 0 amide bonds. The van der Waals surface area contributed by atoms with Crippen molar-refractivity contribution < 1.29 is 15.3 Å². The van der Waals surface area contributed by atoms with Gasteiger partial charge in [0.25, 0.3) is 0 Å². The largest absolute Gasteiger partial charge is 0.504 e. The van der Waals surface area contributed by atoms with Crippen molar-refractivity contribution in [3.63, 3.8) is 0 Å². The van der Waals surface area contributed by atoms with E-state index in [0.717, 1.165) is 12.1 Å². The predicted molar refractivity (Wildman–Crippen MR) is 82.6 cm³/mol. The third kappa shape index (κ3) is 3.47. The lowest BCUT2D eigenvalue weighted by atomic mass is 9.96. The summed E-state index contributed by atoms with van der Waals surface area (Å²) in [5.41, 5.74) is 1.52. The van der Waals surface area contributed by atoms with Gasteiger partial charge in [0.2, 0.25) is 5.75 Å². The molecule has 0 fully saturated rings. The van der Waals surface area contributed by atoms with Crippen LogP contribution in [-0.4, -0.2) is 21.9 Å². The molecule has 0 aliphatic heterocycles. The molecule has 0 aliphatic carbocycles. The van der Waals surface area contributed by atoms with E-state index in [4.69, 9.17) is 0 Å². The molecule has 2 aromatic rings. The fraction of sp³-hybridized carbons (Fsp3) is 0.294. The van der Waals surface area contributed by atoms with Gasteiger partial charge in [0.15, 0.2) is 11.5 Å². The maximum absolute atomic E-state index is 10.1. The highest BCUT2D eigenvalue weighted by molar-refractivity contribution is 5.55. The van der Waals surface area contributed by atoms with Gasteiger partial charge in [0.1, 0.15) is 0 Å². The Morgan fingerprint density at radius 3 is 2.19 bits per heavy atom. The summed E-state index contributed by atoms with van der Waals surface area (Å²) in [6.07, 6.45) is 0. The first kappa shape index (κ1) is 15.2. The van der Waals surface area contributed by atoms with Gasteiger partial charge in [-0.15, -0.1) is 0 Å². The highest BCUT2D eigenvalue weighted by Crippen LogP contribution is 2.41. The molecule has 21 heavy (non-hydrogen) atoms. The van der Waals surface area contributed by atoms with Crippen LogP contribution in [0.3, 0.4) is 0 Å². The van der Waals surface area contributed by atoms with Gasteiger partial charge in [0, 0.05) is 5.56 Å². The van der Waals surface area contributed by atoms with Crippen LogP contribution in [0.25, 0.3) is 0 Å². The molecular formula is C17H21NO3. The van der Waals surface area contributed by atoms with Crippen LogP contribution in [0.5, 0.6) is 17.2 Å². The van der Waals surface area contributed by atoms with Crippen LogP contribution in [0.15, 0.2) is 42.5 Å². The molecule has 0 aromatic heterocycles. The zero-order valence-electron chi connectivity index (χ0n) is 12.2. The predicted octanol–water partition coefficient (Wildman–Crippen LogP) is 3.14. The van der Waals surface area contributed by atoms with E-state index in [1.54, 1.807) is 6.07 Å². The monoisotopic (exact) mass is 287 g/mol. The first-order valence-corrected chi connectivity index (χ1v) is 7.02. The van der Waals surface area contributed by atoms with E-state index in [0.29, 0.717) is 11.5 Å². The van der Waals surface area contributed by atoms with Crippen molar-refractivity contribution in [2.75, 3.05) is 6.54 Å². The molecule has 2 aromatic carbocycles. The maximum Gasteiger partial charge on any atom is 0.200 e. The third-order valence-electron chi connectivity index (χ3n) is 3.34. The Kier molecular flexibility index (Phi) is 4.70. The lowest BCUT2D eigenvalue weighted by Crippen LogP contribution is -2.26. The fourth-order valence-electron chi connectivity index (χ4n) is 2.22. The van der Waals surface area contributed by atoms with Gasteiger partial charge in [-0.2, -0.15) is 0 Å². The van der Waals surface area contributed by atoms with Gasteiger partial charge < -0.3 is 20.6 Å². The van der Waals surface area contributed by atoms with E-state index in [9.17, 15) is 15.3 Å². The first-order valence-electron chi connectivity index (χ1n) is 7.02. The maximum atomic E-state index is 10.1. The Bertz CT molecular complexity index is 596. The van der Waals surface area contributed by atoms with Crippen LogP contribution < -0.4 is 5.32 Å². The van der Waals surface area contributed by atoms with Crippen LogP contribution in [0, 0.1) is 5.92 Å². The Hall–Kier alpha value is -2.20. The zero-order valence-corrected chi connectivity index (χ0v) is 12.2. The van der Waals surface area contributed by atoms with Crippen molar-refractivity contribution in [1.29, 1.82) is 0 Å². The van der Waals surface area contributed by atoms with Crippen LogP contribution >= 0.6 is 0 Å².